The molecule has 1 aliphatic carbocycles. The lowest BCUT2D eigenvalue weighted by Gasteiger charge is -2.27. The van der Waals surface area contributed by atoms with E-state index in [2.05, 4.69) is 6.92 Å². The average molecular weight is 290 g/mol. The molecule has 0 heterocycles. The maximum Gasteiger partial charge on any atom is 0.237 e. The van der Waals surface area contributed by atoms with Gasteiger partial charge in [-0.25, -0.2) is 0 Å². The van der Waals surface area contributed by atoms with Gasteiger partial charge in [0.25, 0.3) is 0 Å². The third kappa shape index (κ3) is 3.57. The van der Waals surface area contributed by atoms with Crippen LogP contribution in [0.3, 0.4) is 0 Å². The molecule has 0 aromatic heterocycles. The van der Waals surface area contributed by atoms with Crippen LogP contribution in [0.15, 0.2) is 30.3 Å². The number of carbonyl (C=O) groups is 1. The van der Waals surface area contributed by atoms with Crippen LogP contribution in [0.4, 0.5) is 0 Å². The Labute approximate surface area is 126 Å². The first-order valence-corrected chi connectivity index (χ1v) is 7.70. The van der Waals surface area contributed by atoms with Crippen molar-refractivity contribution in [3.63, 3.8) is 0 Å². The second kappa shape index (κ2) is 6.84. The summed E-state index contributed by atoms with van der Waals surface area (Å²) < 4.78 is 0. The SMILES string of the molecule is CCCCN(C(=O)C(C(N)=S)c1ccccc1)C1CC1. The number of thiocarbonyl (C=S) groups is 1. The number of benzene rings is 1. The molecular formula is C16H22N2OS. The number of rotatable bonds is 7. The van der Waals surface area contributed by atoms with Crippen LogP contribution in [0.5, 0.6) is 0 Å². The molecule has 1 aliphatic rings. The van der Waals surface area contributed by atoms with Gasteiger partial charge < -0.3 is 10.6 Å². The van der Waals surface area contributed by atoms with Crippen molar-refractivity contribution in [3.8, 4) is 0 Å². The van der Waals surface area contributed by atoms with Gasteiger partial charge in [-0.1, -0.05) is 55.9 Å². The molecule has 0 spiro atoms. The quantitative estimate of drug-likeness (QED) is 0.785. The summed E-state index contributed by atoms with van der Waals surface area (Å²) in [5.74, 6) is -0.414. The summed E-state index contributed by atoms with van der Waals surface area (Å²) in [6.45, 7) is 2.95. The Hall–Kier alpha value is -1.42. The maximum atomic E-state index is 12.8. The molecule has 4 heteroatoms. The summed E-state index contributed by atoms with van der Waals surface area (Å²) in [7, 11) is 0. The van der Waals surface area contributed by atoms with Crippen molar-refractivity contribution in [1.29, 1.82) is 0 Å². The molecule has 0 aliphatic heterocycles. The molecule has 2 N–H and O–H groups in total. The molecule has 1 saturated carbocycles. The predicted octanol–water partition coefficient (Wildman–Crippen LogP) is 2.85. The number of hydrogen-bond donors (Lipinski definition) is 1. The summed E-state index contributed by atoms with van der Waals surface area (Å²) >= 11 is 5.14. The van der Waals surface area contributed by atoms with Crippen molar-refractivity contribution in [1.82, 2.24) is 4.90 Å². The molecule has 2 rings (SSSR count). The van der Waals surface area contributed by atoms with Crippen LogP contribution in [0.2, 0.25) is 0 Å². The van der Waals surface area contributed by atoms with Gasteiger partial charge >= 0.3 is 0 Å². The molecular weight excluding hydrogens is 268 g/mol. The monoisotopic (exact) mass is 290 g/mol. The van der Waals surface area contributed by atoms with Crippen molar-refractivity contribution in [3.05, 3.63) is 35.9 Å². The Balaban J connectivity index is 2.19. The van der Waals surface area contributed by atoms with E-state index in [1.165, 1.54) is 0 Å². The lowest BCUT2D eigenvalue weighted by atomic mass is 9.97. The number of unbranched alkanes of at least 4 members (excludes halogenated alkanes) is 1. The van der Waals surface area contributed by atoms with Crippen molar-refractivity contribution in [2.45, 2.75) is 44.6 Å². The van der Waals surface area contributed by atoms with Gasteiger partial charge in [0.1, 0.15) is 5.92 Å². The van der Waals surface area contributed by atoms with Crippen LogP contribution < -0.4 is 5.73 Å². The number of carbonyl (C=O) groups excluding carboxylic acids is 1. The molecule has 20 heavy (non-hydrogen) atoms. The Kier molecular flexibility index (Phi) is 5.12. The van der Waals surface area contributed by atoms with Crippen molar-refractivity contribution in [2.75, 3.05) is 6.54 Å². The normalized spacial score (nSPS) is 15.7. The number of hydrogen-bond acceptors (Lipinski definition) is 2. The number of amides is 1. The molecule has 1 unspecified atom stereocenters. The third-order valence-corrected chi connectivity index (χ3v) is 3.92. The highest BCUT2D eigenvalue weighted by Gasteiger charge is 2.36. The standard InChI is InChI=1S/C16H22N2OS/c1-2-3-11-18(13-9-10-13)16(19)14(15(17)20)12-7-5-4-6-8-12/h4-8,13-14H,2-3,9-11H2,1H3,(H2,17,20). The predicted molar refractivity (Wildman–Crippen MR) is 85.6 cm³/mol. The molecule has 1 amide bonds. The molecule has 1 atom stereocenters. The van der Waals surface area contributed by atoms with E-state index in [9.17, 15) is 4.79 Å². The fraction of sp³-hybridized carbons (Fsp3) is 0.500. The smallest absolute Gasteiger partial charge is 0.237 e. The second-order valence-corrected chi connectivity index (χ2v) is 5.83. The van der Waals surface area contributed by atoms with Gasteiger partial charge in [-0.15, -0.1) is 0 Å². The Bertz CT molecular complexity index is 471. The fourth-order valence-electron chi connectivity index (χ4n) is 2.43. The first-order valence-electron chi connectivity index (χ1n) is 7.30. The van der Waals surface area contributed by atoms with E-state index < -0.39 is 5.92 Å². The maximum absolute atomic E-state index is 12.8. The zero-order valence-corrected chi connectivity index (χ0v) is 12.7. The van der Waals surface area contributed by atoms with E-state index in [4.69, 9.17) is 18.0 Å². The summed E-state index contributed by atoms with van der Waals surface area (Å²) in [4.78, 5) is 15.1. The van der Waals surface area contributed by atoms with E-state index in [0.29, 0.717) is 6.04 Å². The molecule has 1 fully saturated rings. The largest absolute Gasteiger partial charge is 0.392 e. The van der Waals surface area contributed by atoms with Crippen LogP contribution in [0.1, 0.15) is 44.1 Å². The summed E-state index contributed by atoms with van der Waals surface area (Å²) in [6.07, 6.45) is 4.32. The average Bonchev–Trinajstić information content (AvgIpc) is 3.25. The van der Waals surface area contributed by atoms with Gasteiger partial charge in [0.2, 0.25) is 5.91 Å². The van der Waals surface area contributed by atoms with Gasteiger partial charge in [0, 0.05) is 12.6 Å². The first-order chi connectivity index (χ1) is 9.65. The zero-order valence-electron chi connectivity index (χ0n) is 11.9. The zero-order chi connectivity index (χ0) is 14.5. The van der Waals surface area contributed by atoms with E-state index in [-0.39, 0.29) is 10.9 Å². The van der Waals surface area contributed by atoms with E-state index in [1.807, 2.05) is 35.2 Å². The molecule has 1 aromatic carbocycles. The van der Waals surface area contributed by atoms with Crippen molar-refractivity contribution < 1.29 is 4.79 Å². The van der Waals surface area contributed by atoms with Crippen LogP contribution >= 0.6 is 12.2 Å². The number of nitrogens with zero attached hydrogens (tertiary/aromatic N) is 1. The van der Waals surface area contributed by atoms with Gasteiger partial charge in [-0.05, 0) is 24.8 Å². The van der Waals surface area contributed by atoms with Gasteiger partial charge in [-0.2, -0.15) is 0 Å². The highest BCUT2D eigenvalue weighted by Crippen LogP contribution is 2.30. The van der Waals surface area contributed by atoms with E-state index in [1.54, 1.807) is 0 Å². The lowest BCUT2D eigenvalue weighted by molar-refractivity contribution is -0.131. The first kappa shape index (κ1) is 15.0. The van der Waals surface area contributed by atoms with Gasteiger partial charge in [0.05, 0.1) is 4.99 Å². The van der Waals surface area contributed by atoms with E-state index in [0.717, 1.165) is 37.8 Å². The van der Waals surface area contributed by atoms with Crippen molar-refractivity contribution >= 4 is 23.1 Å². The number of nitrogens with two attached hydrogens (primary N) is 1. The Morgan fingerprint density at radius 1 is 1.40 bits per heavy atom. The lowest BCUT2D eigenvalue weighted by Crippen LogP contribution is -2.41. The Morgan fingerprint density at radius 2 is 2.05 bits per heavy atom. The molecule has 3 nitrogen and oxygen atoms in total. The van der Waals surface area contributed by atoms with Crippen LogP contribution in [0.25, 0.3) is 0 Å². The van der Waals surface area contributed by atoms with Crippen LogP contribution in [-0.4, -0.2) is 28.4 Å². The topological polar surface area (TPSA) is 46.3 Å². The molecule has 1 aromatic rings. The minimum atomic E-state index is -0.483. The molecule has 0 radical (unpaired) electrons. The van der Waals surface area contributed by atoms with Crippen LogP contribution in [-0.2, 0) is 4.79 Å². The second-order valence-electron chi connectivity index (χ2n) is 5.36. The third-order valence-electron chi connectivity index (χ3n) is 3.69. The molecule has 108 valence electrons. The highest BCUT2D eigenvalue weighted by molar-refractivity contribution is 7.80. The molecule has 0 saturated heterocycles. The highest BCUT2D eigenvalue weighted by atomic mass is 32.1. The van der Waals surface area contributed by atoms with Gasteiger partial charge in [0.15, 0.2) is 0 Å². The van der Waals surface area contributed by atoms with E-state index >= 15 is 0 Å². The van der Waals surface area contributed by atoms with Crippen LogP contribution in [0, 0.1) is 0 Å². The van der Waals surface area contributed by atoms with Crippen molar-refractivity contribution in [2.24, 2.45) is 5.73 Å². The minimum absolute atomic E-state index is 0.0691. The summed E-state index contributed by atoms with van der Waals surface area (Å²) in [6, 6.07) is 10.0. The minimum Gasteiger partial charge on any atom is -0.392 e. The molecule has 0 bridgehead atoms. The Morgan fingerprint density at radius 3 is 2.55 bits per heavy atom. The summed E-state index contributed by atoms with van der Waals surface area (Å²) in [5, 5.41) is 0. The summed E-state index contributed by atoms with van der Waals surface area (Å²) in [5.41, 5.74) is 6.74. The fourth-order valence-corrected chi connectivity index (χ4v) is 2.66. The van der Waals surface area contributed by atoms with Gasteiger partial charge in [-0.3, -0.25) is 4.79 Å².